The lowest BCUT2D eigenvalue weighted by molar-refractivity contribution is -0.143. The fourth-order valence-electron chi connectivity index (χ4n) is 1.60. The van der Waals surface area contributed by atoms with E-state index in [0.717, 1.165) is 26.2 Å². The van der Waals surface area contributed by atoms with E-state index in [1.54, 1.807) is 0 Å². The van der Waals surface area contributed by atoms with Crippen molar-refractivity contribution in [3.8, 4) is 0 Å². The van der Waals surface area contributed by atoms with Crippen molar-refractivity contribution in [2.45, 2.75) is 0 Å². The van der Waals surface area contributed by atoms with Crippen molar-refractivity contribution in [2.75, 3.05) is 26.2 Å². The molecule has 1 aliphatic rings. The number of hydrogen-bond acceptors (Lipinski definition) is 4. The first-order valence-corrected chi connectivity index (χ1v) is 6.35. The topological polar surface area (TPSA) is 94.2 Å². The molecule has 0 spiro atoms. The van der Waals surface area contributed by atoms with Crippen LogP contribution in [-0.2, 0) is 9.59 Å². The molecule has 1 aliphatic heterocycles. The number of aliphatic carboxylic acids is 1. The number of nitrogens with one attached hydrogen (secondary N) is 3. The second-order valence-corrected chi connectivity index (χ2v) is 4.02. The van der Waals surface area contributed by atoms with E-state index in [4.69, 9.17) is 14.7 Å². The van der Waals surface area contributed by atoms with E-state index >= 15 is 0 Å². The molecule has 4 N–H and O–H groups in total. The molecule has 1 saturated heterocycles. The highest BCUT2D eigenvalue weighted by molar-refractivity contribution is 6.19. The lowest BCUT2D eigenvalue weighted by Gasteiger charge is -2.11. The van der Waals surface area contributed by atoms with Crippen molar-refractivity contribution in [1.82, 2.24) is 15.6 Å². The van der Waals surface area contributed by atoms with Gasteiger partial charge < -0.3 is 20.7 Å². The molecule has 2 heterocycles. The first-order chi connectivity index (χ1) is 9.74. The van der Waals surface area contributed by atoms with E-state index in [2.05, 4.69) is 33.8 Å². The Morgan fingerprint density at radius 1 is 1.05 bits per heavy atom. The molecule has 0 bridgehead atoms. The summed E-state index contributed by atoms with van der Waals surface area (Å²) in [7, 11) is 0. The van der Waals surface area contributed by atoms with Gasteiger partial charge in [0.1, 0.15) is 0 Å². The van der Waals surface area contributed by atoms with E-state index in [-0.39, 0.29) is 6.29 Å². The fraction of sp³-hybridized carbons (Fsp3) is 0.286. The minimum atomic E-state index is -1.43. The molecule has 1 aromatic carbocycles. The number of carboxylic acids is 1. The van der Waals surface area contributed by atoms with Crippen LogP contribution < -0.4 is 10.6 Å². The van der Waals surface area contributed by atoms with Gasteiger partial charge in [-0.1, -0.05) is 18.2 Å². The number of rotatable bonds is 1. The smallest absolute Gasteiger partial charge is 0.368 e. The molecule has 108 valence electrons. The van der Waals surface area contributed by atoms with Gasteiger partial charge in [-0.25, -0.2) is 4.79 Å². The number of benzene rings is 1. The van der Waals surface area contributed by atoms with Gasteiger partial charge in [-0.15, -0.1) is 0 Å². The maximum atomic E-state index is 9.00. The second kappa shape index (κ2) is 9.71. The summed E-state index contributed by atoms with van der Waals surface area (Å²) in [5.41, 5.74) is 1.21. The zero-order valence-corrected chi connectivity index (χ0v) is 11.1. The first kappa shape index (κ1) is 15.9. The van der Waals surface area contributed by atoms with Crippen molar-refractivity contribution in [3.63, 3.8) is 0 Å². The van der Waals surface area contributed by atoms with Crippen LogP contribution in [0.25, 0.3) is 10.9 Å². The summed E-state index contributed by atoms with van der Waals surface area (Å²) in [4.78, 5) is 21.0. The number of fused-ring (bicyclic) bond motifs is 1. The van der Waals surface area contributed by atoms with Crippen molar-refractivity contribution >= 4 is 23.2 Å². The van der Waals surface area contributed by atoms with Crippen LogP contribution in [0, 0.1) is 0 Å². The second-order valence-electron chi connectivity index (χ2n) is 4.02. The number of para-hydroxylation sites is 1. The SMILES string of the molecule is C1CNCCN1.O=CC(=O)O.c1ccc2[nH]ccc2c1. The molecule has 0 unspecified atom stereocenters. The van der Waals surface area contributed by atoms with Gasteiger partial charge in [-0.05, 0) is 17.5 Å². The number of carboxylic acid groups (broad SMARTS) is 1. The van der Waals surface area contributed by atoms with Gasteiger partial charge in [0.25, 0.3) is 0 Å². The molecule has 1 aromatic heterocycles. The van der Waals surface area contributed by atoms with Gasteiger partial charge in [0, 0.05) is 37.9 Å². The summed E-state index contributed by atoms with van der Waals surface area (Å²) in [5.74, 6) is -1.43. The number of carbonyl (C=O) groups excluding carboxylic acids is 1. The van der Waals surface area contributed by atoms with Crippen molar-refractivity contribution in [1.29, 1.82) is 0 Å². The Morgan fingerprint density at radius 3 is 2.05 bits per heavy atom. The maximum Gasteiger partial charge on any atom is 0.368 e. The Labute approximate surface area is 117 Å². The van der Waals surface area contributed by atoms with Gasteiger partial charge >= 0.3 is 5.97 Å². The molecule has 20 heavy (non-hydrogen) atoms. The molecule has 6 heteroatoms. The van der Waals surface area contributed by atoms with Crippen LogP contribution in [-0.4, -0.2) is 48.5 Å². The number of aromatic nitrogens is 1. The molecule has 1 fully saturated rings. The van der Waals surface area contributed by atoms with Crippen molar-refractivity contribution in [2.24, 2.45) is 0 Å². The summed E-state index contributed by atoms with van der Waals surface area (Å²) in [6, 6.07) is 10.3. The number of aldehydes is 1. The number of hydrogen-bond donors (Lipinski definition) is 4. The van der Waals surface area contributed by atoms with Gasteiger partial charge in [0.15, 0.2) is 0 Å². The molecule has 6 nitrogen and oxygen atoms in total. The minimum absolute atomic E-state index is 0.167. The molecular formula is C14H19N3O3. The van der Waals surface area contributed by atoms with Crippen molar-refractivity contribution in [3.05, 3.63) is 36.5 Å². The summed E-state index contributed by atoms with van der Waals surface area (Å²) in [6.45, 7) is 4.56. The monoisotopic (exact) mass is 277 g/mol. The van der Waals surface area contributed by atoms with E-state index in [0.29, 0.717) is 0 Å². The molecule has 0 amide bonds. The van der Waals surface area contributed by atoms with Crippen LogP contribution in [0.5, 0.6) is 0 Å². The van der Waals surface area contributed by atoms with Crippen LogP contribution in [0.1, 0.15) is 0 Å². The molecular weight excluding hydrogens is 258 g/mol. The van der Waals surface area contributed by atoms with Crippen LogP contribution >= 0.6 is 0 Å². The van der Waals surface area contributed by atoms with Crippen molar-refractivity contribution < 1.29 is 14.7 Å². The van der Waals surface area contributed by atoms with E-state index < -0.39 is 5.97 Å². The third kappa shape index (κ3) is 6.67. The summed E-state index contributed by atoms with van der Waals surface area (Å²) < 4.78 is 0. The Morgan fingerprint density at radius 2 is 1.60 bits per heavy atom. The van der Waals surface area contributed by atoms with E-state index in [1.807, 2.05) is 18.3 Å². The van der Waals surface area contributed by atoms with Crippen LogP contribution in [0.3, 0.4) is 0 Å². The highest BCUT2D eigenvalue weighted by Gasteiger charge is 1.91. The van der Waals surface area contributed by atoms with Crippen LogP contribution in [0.4, 0.5) is 0 Å². The van der Waals surface area contributed by atoms with Gasteiger partial charge in [-0.2, -0.15) is 0 Å². The summed E-state index contributed by atoms with van der Waals surface area (Å²) in [6.07, 6.45) is 1.78. The molecule has 2 aromatic rings. The molecule has 3 rings (SSSR count). The first-order valence-electron chi connectivity index (χ1n) is 6.35. The molecule has 0 atom stereocenters. The van der Waals surface area contributed by atoms with Crippen LogP contribution in [0.15, 0.2) is 36.5 Å². The highest BCUT2D eigenvalue weighted by atomic mass is 16.4. The Bertz CT molecular complexity index is 479. The van der Waals surface area contributed by atoms with E-state index in [1.165, 1.54) is 10.9 Å². The largest absolute Gasteiger partial charge is 0.476 e. The average Bonchev–Trinajstić information content (AvgIpc) is 2.99. The highest BCUT2D eigenvalue weighted by Crippen LogP contribution is 2.09. The predicted octanol–water partition coefficient (Wildman–Crippen LogP) is 0.617. The fourth-order valence-corrected chi connectivity index (χ4v) is 1.60. The standard InChI is InChI=1S/C8H7N.C4H10N2.C2H2O3/c1-2-4-8-7(3-1)5-6-9-8;1-2-6-4-3-5-1;3-1-2(4)5/h1-6,9H;5-6H,1-4H2;1H,(H,4,5). The van der Waals surface area contributed by atoms with Gasteiger partial charge in [-0.3, -0.25) is 4.79 Å². The summed E-state index contributed by atoms with van der Waals surface area (Å²) in [5, 5.41) is 15.1. The van der Waals surface area contributed by atoms with Crippen LogP contribution in [0.2, 0.25) is 0 Å². The Balaban J connectivity index is 0.000000160. The third-order valence-electron chi connectivity index (χ3n) is 2.52. The van der Waals surface area contributed by atoms with Gasteiger partial charge in [0.2, 0.25) is 6.29 Å². The minimum Gasteiger partial charge on any atom is -0.476 e. The number of piperazine rings is 1. The molecule has 0 radical (unpaired) electrons. The Hall–Kier alpha value is -2.18. The number of aromatic amines is 1. The quantitative estimate of drug-likeness (QED) is 0.453. The van der Waals surface area contributed by atoms with E-state index in [9.17, 15) is 0 Å². The lowest BCUT2D eigenvalue weighted by atomic mass is 10.3. The van der Waals surface area contributed by atoms with Gasteiger partial charge in [0.05, 0.1) is 0 Å². The summed E-state index contributed by atoms with van der Waals surface area (Å²) >= 11 is 0. The third-order valence-corrected chi connectivity index (χ3v) is 2.52. The predicted molar refractivity (Wildman–Crippen MR) is 77.7 cm³/mol. The Kier molecular flexibility index (Phi) is 7.71. The molecule has 0 aliphatic carbocycles. The maximum absolute atomic E-state index is 9.00. The number of H-pyrrole nitrogens is 1. The lowest BCUT2D eigenvalue weighted by Crippen LogP contribution is -2.39. The normalized spacial score (nSPS) is 13.4. The zero-order valence-electron chi connectivity index (χ0n) is 11.1. The number of carbonyl (C=O) groups is 2. The average molecular weight is 277 g/mol. The molecule has 0 saturated carbocycles. The zero-order chi connectivity index (χ0) is 14.6.